The van der Waals surface area contributed by atoms with Gasteiger partial charge in [-0.2, -0.15) is 0 Å². The van der Waals surface area contributed by atoms with Crippen LogP contribution in [0.4, 0.5) is 0 Å². The van der Waals surface area contributed by atoms with Gasteiger partial charge in [0.2, 0.25) is 5.91 Å². The van der Waals surface area contributed by atoms with Crippen LogP contribution in [-0.2, 0) is 10.3 Å². The van der Waals surface area contributed by atoms with E-state index in [0.717, 1.165) is 12.8 Å². The van der Waals surface area contributed by atoms with E-state index in [1.807, 2.05) is 32.0 Å². The van der Waals surface area contributed by atoms with Crippen molar-refractivity contribution in [1.29, 1.82) is 0 Å². The number of rotatable bonds is 4. The number of amides is 1. The average molecular weight is 297 g/mol. The van der Waals surface area contributed by atoms with Crippen LogP contribution in [0.3, 0.4) is 0 Å². The highest BCUT2D eigenvalue weighted by Crippen LogP contribution is 2.38. The lowest BCUT2D eigenvalue weighted by molar-refractivity contribution is -0.127. The lowest BCUT2D eigenvalue weighted by atomic mass is 9.87. The first-order valence-electron chi connectivity index (χ1n) is 7.18. The molecule has 112 valence electrons. The molecule has 0 radical (unpaired) electrons. The zero-order chi connectivity index (χ0) is 13.9. The fraction of sp³-hybridized carbons (Fsp3) is 0.562. The van der Waals surface area contributed by atoms with E-state index in [4.69, 9.17) is 5.73 Å². The highest BCUT2D eigenvalue weighted by Gasteiger charge is 2.37. The molecule has 0 bridgehead atoms. The smallest absolute Gasteiger partial charge is 0.225 e. The Bertz CT molecular complexity index is 427. The van der Waals surface area contributed by atoms with Gasteiger partial charge in [-0.05, 0) is 25.3 Å². The zero-order valence-electron chi connectivity index (χ0n) is 12.3. The minimum atomic E-state index is -0.179. The summed E-state index contributed by atoms with van der Waals surface area (Å²) in [6.45, 7) is 3.78. The maximum atomic E-state index is 12.3. The molecule has 1 amide bonds. The van der Waals surface area contributed by atoms with Crippen molar-refractivity contribution < 1.29 is 4.79 Å². The van der Waals surface area contributed by atoms with Gasteiger partial charge in [-0.1, -0.05) is 50.1 Å². The predicted octanol–water partition coefficient (Wildman–Crippen LogP) is 2.98. The monoisotopic (exact) mass is 296 g/mol. The Morgan fingerprint density at radius 2 is 1.75 bits per heavy atom. The summed E-state index contributed by atoms with van der Waals surface area (Å²) in [5.74, 6) is -0.0815. The Hall–Kier alpha value is -1.06. The number of carbonyl (C=O) groups excluding carboxylic acids is 1. The summed E-state index contributed by atoms with van der Waals surface area (Å²) in [4.78, 5) is 12.3. The number of hydrogen-bond donors (Lipinski definition) is 2. The first kappa shape index (κ1) is 17.0. The number of halogens is 1. The Morgan fingerprint density at radius 1 is 1.20 bits per heavy atom. The van der Waals surface area contributed by atoms with Crippen LogP contribution in [0.1, 0.15) is 45.1 Å². The molecule has 0 spiro atoms. The van der Waals surface area contributed by atoms with Crippen LogP contribution in [0.25, 0.3) is 0 Å². The van der Waals surface area contributed by atoms with Crippen LogP contribution < -0.4 is 11.1 Å². The van der Waals surface area contributed by atoms with Gasteiger partial charge < -0.3 is 11.1 Å². The van der Waals surface area contributed by atoms with E-state index in [0.29, 0.717) is 0 Å². The van der Waals surface area contributed by atoms with Crippen LogP contribution in [0.5, 0.6) is 0 Å². The molecule has 0 saturated heterocycles. The second kappa shape index (κ2) is 7.09. The van der Waals surface area contributed by atoms with Crippen molar-refractivity contribution in [3.63, 3.8) is 0 Å². The van der Waals surface area contributed by atoms with Crippen LogP contribution in [0.15, 0.2) is 30.3 Å². The number of nitrogens with one attached hydrogen (secondary N) is 1. The van der Waals surface area contributed by atoms with E-state index in [1.165, 1.54) is 18.4 Å². The Kier molecular flexibility index (Phi) is 6.03. The molecule has 3 N–H and O–H groups in total. The molecule has 1 aromatic rings. The molecule has 1 aliphatic carbocycles. The lowest BCUT2D eigenvalue weighted by Gasteiger charge is -2.33. The molecule has 0 aromatic heterocycles. The van der Waals surface area contributed by atoms with E-state index in [9.17, 15) is 4.79 Å². The summed E-state index contributed by atoms with van der Waals surface area (Å²) in [5, 5.41) is 3.27. The van der Waals surface area contributed by atoms with Crippen molar-refractivity contribution in [3.8, 4) is 0 Å². The molecule has 1 fully saturated rings. The van der Waals surface area contributed by atoms with Crippen molar-refractivity contribution in [2.75, 3.05) is 0 Å². The standard InChI is InChI=1S/C16H24N2O.ClH/c1-12(13(2)17)15(19)18-16(10-6-7-11-16)14-8-4-3-5-9-14;/h3-5,8-9,12-13H,6-7,10-11,17H2,1-2H3,(H,18,19);1H. The normalized spacial score (nSPS) is 19.8. The van der Waals surface area contributed by atoms with Gasteiger partial charge >= 0.3 is 0 Å². The summed E-state index contributed by atoms with van der Waals surface area (Å²) < 4.78 is 0. The number of hydrogen-bond acceptors (Lipinski definition) is 2. The van der Waals surface area contributed by atoms with Crippen molar-refractivity contribution >= 4 is 18.3 Å². The molecule has 3 nitrogen and oxygen atoms in total. The first-order valence-corrected chi connectivity index (χ1v) is 7.18. The Morgan fingerprint density at radius 3 is 2.25 bits per heavy atom. The van der Waals surface area contributed by atoms with E-state index < -0.39 is 0 Å². The number of benzene rings is 1. The van der Waals surface area contributed by atoms with E-state index in [-0.39, 0.29) is 35.8 Å². The molecule has 0 heterocycles. The molecule has 4 heteroatoms. The molecule has 20 heavy (non-hydrogen) atoms. The molecular weight excluding hydrogens is 272 g/mol. The van der Waals surface area contributed by atoms with Gasteiger partial charge in [0.05, 0.1) is 5.54 Å². The van der Waals surface area contributed by atoms with Gasteiger partial charge in [-0.15, -0.1) is 12.4 Å². The van der Waals surface area contributed by atoms with E-state index in [2.05, 4.69) is 17.4 Å². The van der Waals surface area contributed by atoms with Gasteiger partial charge in [0, 0.05) is 12.0 Å². The van der Waals surface area contributed by atoms with Crippen LogP contribution in [0, 0.1) is 5.92 Å². The zero-order valence-corrected chi connectivity index (χ0v) is 13.1. The lowest BCUT2D eigenvalue weighted by Crippen LogP contribution is -2.48. The van der Waals surface area contributed by atoms with Crippen LogP contribution in [-0.4, -0.2) is 11.9 Å². The van der Waals surface area contributed by atoms with Gasteiger partial charge in [-0.3, -0.25) is 4.79 Å². The summed E-state index contributed by atoms with van der Waals surface area (Å²) in [5.41, 5.74) is 6.87. The third kappa shape index (κ3) is 3.53. The van der Waals surface area contributed by atoms with E-state index in [1.54, 1.807) is 0 Å². The van der Waals surface area contributed by atoms with Crippen molar-refractivity contribution in [3.05, 3.63) is 35.9 Å². The third-order valence-corrected chi connectivity index (χ3v) is 4.35. The Balaban J connectivity index is 0.00000200. The molecule has 1 aliphatic rings. The highest BCUT2D eigenvalue weighted by molar-refractivity contribution is 5.85. The summed E-state index contributed by atoms with van der Waals surface area (Å²) in [7, 11) is 0. The summed E-state index contributed by atoms with van der Waals surface area (Å²) in [6.07, 6.45) is 4.38. The second-order valence-corrected chi connectivity index (χ2v) is 5.79. The summed E-state index contributed by atoms with van der Waals surface area (Å²) >= 11 is 0. The number of nitrogens with two attached hydrogens (primary N) is 1. The van der Waals surface area contributed by atoms with Crippen LogP contribution >= 0.6 is 12.4 Å². The molecule has 2 unspecified atom stereocenters. The summed E-state index contributed by atoms with van der Waals surface area (Å²) in [6, 6.07) is 10.2. The predicted molar refractivity (Wildman–Crippen MR) is 84.8 cm³/mol. The van der Waals surface area contributed by atoms with Crippen LogP contribution in [0.2, 0.25) is 0 Å². The molecule has 0 aliphatic heterocycles. The molecule has 2 atom stereocenters. The van der Waals surface area contributed by atoms with Crippen molar-refractivity contribution in [2.45, 2.75) is 51.1 Å². The number of carbonyl (C=O) groups is 1. The fourth-order valence-electron chi connectivity index (χ4n) is 2.81. The first-order chi connectivity index (χ1) is 9.05. The fourth-order valence-corrected chi connectivity index (χ4v) is 2.81. The highest BCUT2D eigenvalue weighted by atomic mass is 35.5. The third-order valence-electron chi connectivity index (χ3n) is 4.35. The maximum absolute atomic E-state index is 12.3. The molecule has 1 saturated carbocycles. The second-order valence-electron chi connectivity index (χ2n) is 5.79. The minimum absolute atomic E-state index is 0. The topological polar surface area (TPSA) is 55.1 Å². The van der Waals surface area contributed by atoms with Gasteiger partial charge in [0.15, 0.2) is 0 Å². The average Bonchev–Trinajstić information content (AvgIpc) is 2.88. The minimum Gasteiger partial charge on any atom is -0.346 e. The largest absolute Gasteiger partial charge is 0.346 e. The Labute approximate surface area is 127 Å². The van der Waals surface area contributed by atoms with Gasteiger partial charge in [0.25, 0.3) is 0 Å². The van der Waals surface area contributed by atoms with Crippen molar-refractivity contribution in [2.24, 2.45) is 11.7 Å². The molecule has 1 aromatic carbocycles. The van der Waals surface area contributed by atoms with Gasteiger partial charge in [0.1, 0.15) is 0 Å². The molecule has 2 rings (SSSR count). The van der Waals surface area contributed by atoms with Gasteiger partial charge in [-0.25, -0.2) is 0 Å². The SMILES string of the molecule is CC(N)C(C)C(=O)NC1(c2ccccc2)CCCC1.Cl. The maximum Gasteiger partial charge on any atom is 0.225 e. The van der Waals surface area contributed by atoms with E-state index >= 15 is 0 Å². The van der Waals surface area contributed by atoms with Crippen molar-refractivity contribution in [1.82, 2.24) is 5.32 Å². The quantitative estimate of drug-likeness (QED) is 0.897. The molecular formula is C16H25ClN2O.